The molecule has 6 nitrogen and oxygen atoms in total. The number of hydrogen-bond donors (Lipinski definition) is 0. The van der Waals surface area contributed by atoms with Crippen molar-refractivity contribution >= 4 is 23.6 Å². The van der Waals surface area contributed by atoms with Crippen LogP contribution in [0.3, 0.4) is 0 Å². The van der Waals surface area contributed by atoms with Crippen molar-refractivity contribution in [2.24, 2.45) is 35.5 Å². The zero-order valence-electron chi connectivity index (χ0n) is 19.4. The molecule has 0 spiro atoms. The van der Waals surface area contributed by atoms with E-state index in [1.165, 1.54) is 4.90 Å². The maximum Gasteiger partial charge on any atom is 0.330 e. The summed E-state index contributed by atoms with van der Waals surface area (Å²) < 4.78 is 5.57. The van der Waals surface area contributed by atoms with Crippen molar-refractivity contribution in [2.75, 3.05) is 0 Å². The molecule has 1 aliphatic heterocycles. The van der Waals surface area contributed by atoms with Gasteiger partial charge in [-0.25, -0.2) is 4.79 Å². The fraction of sp³-hybridized carbons (Fsp3) is 0.556. The highest BCUT2D eigenvalue weighted by molar-refractivity contribution is 6.09. The van der Waals surface area contributed by atoms with Gasteiger partial charge in [-0.1, -0.05) is 61.7 Å². The van der Waals surface area contributed by atoms with Gasteiger partial charge >= 0.3 is 5.97 Å². The van der Waals surface area contributed by atoms with E-state index in [1.807, 2.05) is 26.0 Å². The first-order valence-corrected chi connectivity index (χ1v) is 12.2. The van der Waals surface area contributed by atoms with E-state index < -0.39 is 18.1 Å². The topological polar surface area (TPSA) is 80.8 Å². The van der Waals surface area contributed by atoms with E-state index >= 15 is 0 Å². The Balaban J connectivity index is 1.35. The first-order valence-electron chi connectivity index (χ1n) is 12.2. The minimum Gasteiger partial charge on any atom is -0.453 e. The summed E-state index contributed by atoms with van der Waals surface area (Å²) in [4.78, 5) is 54.2. The molecule has 1 heterocycles. The monoisotopic (exact) mass is 449 g/mol. The van der Waals surface area contributed by atoms with Crippen LogP contribution in [0.15, 0.2) is 36.4 Å². The molecule has 2 amide bonds. The number of rotatable bonds is 8. The average Bonchev–Trinajstić information content (AvgIpc) is 3.59. The molecule has 4 aliphatic carbocycles. The van der Waals surface area contributed by atoms with E-state index in [9.17, 15) is 19.2 Å². The molecule has 8 atom stereocenters. The molecule has 2 bridgehead atoms. The number of nitrogens with zero attached hydrogens (tertiary/aromatic N) is 1. The maximum atomic E-state index is 13.5. The Hall–Kier alpha value is -2.76. The predicted octanol–water partition coefficient (Wildman–Crippen LogP) is 3.72. The molecule has 33 heavy (non-hydrogen) atoms. The molecule has 6 heteroatoms. The summed E-state index contributed by atoms with van der Waals surface area (Å²) in [6.45, 7) is 5.47. The molecule has 5 aliphatic rings. The highest BCUT2D eigenvalue weighted by atomic mass is 16.5. The van der Waals surface area contributed by atoms with Crippen molar-refractivity contribution in [3.8, 4) is 0 Å². The third-order valence-corrected chi connectivity index (χ3v) is 8.11. The number of ketones is 1. The number of aryl methyl sites for hydroxylation is 1. The Morgan fingerprint density at radius 1 is 1.03 bits per heavy atom. The zero-order chi connectivity index (χ0) is 23.4. The molecule has 0 unspecified atom stereocenters. The molecule has 6 rings (SSSR count). The number of esters is 1. The van der Waals surface area contributed by atoms with Crippen LogP contribution in [-0.2, 0) is 19.1 Å². The first kappa shape index (κ1) is 22.1. The fourth-order valence-corrected chi connectivity index (χ4v) is 6.30. The molecule has 2 saturated carbocycles. The van der Waals surface area contributed by atoms with Crippen LogP contribution >= 0.6 is 0 Å². The first-order chi connectivity index (χ1) is 15.8. The van der Waals surface area contributed by atoms with Crippen molar-refractivity contribution < 1.29 is 23.9 Å². The van der Waals surface area contributed by atoms with Gasteiger partial charge in [0, 0.05) is 5.56 Å². The minimum atomic E-state index is -0.995. The van der Waals surface area contributed by atoms with Gasteiger partial charge in [0.15, 0.2) is 6.10 Å². The smallest absolute Gasteiger partial charge is 0.330 e. The maximum absolute atomic E-state index is 13.5. The lowest BCUT2D eigenvalue weighted by Crippen LogP contribution is -2.47. The quantitative estimate of drug-likeness (QED) is 0.262. The summed E-state index contributed by atoms with van der Waals surface area (Å²) in [6.07, 6.45) is 6.20. The molecule has 1 aromatic carbocycles. The van der Waals surface area contributed by atoms with E-state index in [-0.39, 0.29) is 41.3 Å². The van der Waals surface area contributed by atoms with Crippen LogP contribution in [0.25, 0.3) is 0 Å². The number of carbonyl (C=O) groups excluding carboxylic acids is 4. The molecule has 3 fully saturated rings. The lowest BCUT2D eigenvalue weighted by molar-refractivity contribution is -0.161. The van der Waals surface area contributed by atoms with E-state index in [1.54, 1.807) is 19.1 Å². The summed E-state index contributed by atoms with van der Waals surface area (Å²) in [7, 11) is 0. The molecule has 1 aromatic rings. The standard InChI is InChI=1S/C27H31NO5/c1-4-5-6-21(27(32)33-15(3)24(29)16-9-7-14(2)8-10-16)28-25(30)22-17-11-12-18(20-13-19(17)20)23(22)26(28)31/h7-12,15,17-23H,4-6,13H2,1-3H3/t15-,17+,18+,19+,20+,21-,22-,23+/m0/s1. The van der Waals surface area contributed by atoms with Crippen LogP contribution in [0.1, 0.15) is 55.5 Å². The molecule has 1 saturated heterocycles. The van der Waals surface area contributed by atoms with Crippen molar-refractivity contribution in [3.05, 3.63) is 47.5 Å². The fourth-order valence-electron chi connectivity index (χ4n) is 6.30. The van der Waals surface area contributed by atoms with Gasteiger partial charge in [-0.05, 0) is 50.4 Å². The van der Waals surface area contributed by atoms with Gasteiger partial charge in [0.2, 0.25) is 17.6 Å². The molecule has 0 radical (unpaired) electrons. The predicted molar refractivity (Wildman–Crippen MR) is 121 cm³/mol. The van der Waals surface area contributed by atoms with Crippen molar-refractivity contribution in [1.29, 1.82) is 0 Å². The molecule has 0 aromatic heterocycles. The normalized spacial score (nSPS) is 32.9. The van der Waals surface area contributed by atoms with Crippen molar-refractivity contribution in [3.63, 3.8) is 0 Å². The number of Topliss-reactive ketones (excluding diaryl/α,β-unsaturated/α-hetero) is 1. The Morgan fingerprint density at radius 2 is 1.61 bits per heavy atom. The number of carbonyl (C=O) groups is 4. The van der Waals surface area contributed by atoms with Crippen molar-refractivity contribution in [1.82, 2.24) is 4.90 Å². The number of benzene rings is 1. The molecule has 0 N–H and O–H groups in total. The van der Waals surface area contributed by atoms with Gasteiger partial charge in [-0.2, -0.15) is 0 Å². The van der Waals surface area contributed by atoms with Gasteiger partial charge < -0.3 is 4.74 Å². The van der Waals surface area contributed by atoms with Crippen molar-refractivity contribution in [2.45, 2.75) is 58.6 Å². The van der Waals surface area contributed by atoms with E-state index in [0.29, 0.717) is 30.2 Å². The van der Waals surface area contributed by atoms with Gasteiger partial charge in [0.05, 0.1) is 11.8 Å². The Kier molecular flexibility index (Phi) is 5.50. The van der Waals surface area contributed by atoms with Crippen LogP contribution in [0, 0.1) is 42.4 Å². The lowest BCUT2D eigenvalue weighted by atomic mass is 9.63. The summed E-state index contributed by atoms with van der Waals surface area (Å²) in [5.74, 6) is -0.894. The van der Waals surface area contributed by atoms with Crippen LogP contribution in [0.2, 0.25) is 0 Å². The Labute approximate surface area is 194 Å². The summed E-state index contributed by atoms with van der Waals surface area (Å²) in [6, 6.07) is 6.12. The third-order valence-electron chi connectivity index (χ3n) is 8.11. The Morgan fingerprint density at radius 3 is 2.15 bits per heavy atom. The number of amides is 2. The van der Waals surface area contributed by atoms with E-state index in [4.69, 9.17) is 4.74 Å². The third kappa shape index (κ3) is 3.54. The average molecular weight is 450 g/mol. The van der Waals surface area contributed by atoms with E-state index in [0.717, 1.165) is 18.4 Å². The van der Waals surface area contributed by atoms with Crippen LogP contribution in [0.5, 0.6) is 0 Å². The number of imide groups is 1. The number of unbranched alkanes of at least 4 members (excludes halogenated alkanes) is 1. The largest absolute Gasteiger partial charge is 0.453 e. The van der Waals surface area contributed by atoms with Gasteiger partial charge in [0.1, 0.15) is 6.04 Å². The minimum absolute atomic E-state index is 0.108. The van der Waals surface area contributed by atoms with Crippen LogP contribution < -0.4 is 0 Å². The second kappa shape index (κ2) is 8.23. The second-order valence-corrected chi connectivity index (χ2v) is 10.2. The number of ether oxygens (including phenoxy) is 1. The summed E-state index contributed by atoms with van der Waals surface area (Å²) >= 11 is 0. The molecule has 174 valence electrons. The summed E-state index contributed by atoms with van der Waals surface area (Å²) in [5, 5.41) is 0. The van der Waals surface area contributed by atoms with Crippen LogP contribution in [0.4, 0.5) is 0 Å². The highest BCUT2D eigenvalue weighted by Gasteiger charge is 2.68. The number of allylic oxidation sites excluding steroid dienone is 2. The van der Waals surface area contributed by atoms with Gasteiger partial charge in [0.25, 0.3) is 0 Å². The SMILES string of the molecule is CCCC[C@@H](C(=O)O[C@@H](C)C(=O)c1ccc(C)cc1)N1C(=O)[C@@H]2[C@@H]3C=C[C@H]([C@H]4C[C@H]34)[C@@H]2C1=O. The second-order valence-electron chi connectivity index (χ2n) is 10.2. The lowest BCUT2D eigenvalue weighted by Gasteiger charge is -2.37. The zero-order valence-corrected chi connectivity index (χ0v) is 19.4. The number of likely N-dealkylation sites (tertiary alicyclic amines) is 1. The Bertz CT molecular complexity index is 991. The van der Waals surface area contributed by atoms with Crippen LogP contribution in [-0.4, -0.2) is 40.6 Å². The van der Waals surface area contributed by atoms with Gasteiger partial charge in [-0.15, -0.1) is 0 Å². The molecular formula is C27H31NO5. The summed E-state index contributed by atoms with van der Waals surface area (Å²) in [5.41, 5.74) is 1.50. The van der Waals surface area contributed by atoms with E-state index in [2.05, 4.69) is 12.2 Å². The number of hydrogen-bond acceptors (Lipinski definition) is 5. The highest BCUT2D eigenvalue weighted by Crippen LogP contribution is 2.65. The van der Waals surface area contributed by atoms with Gasteiger partial charge in [-0.3, -0.25) is 19.3 Å². The molecular weight excluding hydrogens is 418 g/mol.